The van der Waals surface area contributed by atoms with Gasteiger partial charge in [-0.15, -0.1) is 0 Å². The lowest BCUT2D eigenvalue weighted by atomic mass is 10.2. The molecule has 0 saturated heterocycles. The molecule has 90 valence electrons. The molecule has 0 unspecified atom stereocenters. The van der Waals surface area contributed by atoms with E-state index in [0.717, 1.165) is 19.5 Å². The highest BCUT2D eigenvalue weighted by Crippen LogP contribution is 2.01. The van der Waals surface area contributed by atoms with Crippen LogP contribution in [0.2, 0.25) is 0 Å². The number of carbonyl (C=O) groups is 1. The standard InChI is InChI=1S/C11H25N3O/c1-10(2)14(8-5-7-12)9-6-11(15)13(3)4/h10H,5-9,12H2,1-4H3. The molecule has 4 nitrogen and oxygen atoms in total. The van der Waals surface area contributed by atoms with Crippen molar-refractivity contribution in [3.63, 3.8) is 0 Å². The zero-order valence-electron chi connectivity index (χ0n) is 10.5. The summed E-state index contributed by atoms with van der Waals surface area (Å²) in [4.78, 5) is 15.4. The molecular formula is C11H25N3O. The number of carbonyl (C=O) groups excluding carboxylic acids is 1. The van der Waals surface area contributed by atoms with Crippen LogP contribution in [0.25, 0.3) is 0 Å². The molecular weight excluding hydrogens is 190 g/mol. The summed E-state index contributed by atoms with van der Waals surface area (Å²) in [5.41, 5.74) is 5.48. The van der Waals surface area contributed by atoms with Crippen molar-refractivity contribution in [2.75, 3.05) is 33.7 Å². The van der Waals surface area contributed by atoms with Crippen LogP contribution in [0.1, 0.15) is 26.7 Å². The Hall–Kier alpha value is -0.610. The number of rotatable bonds is 7. The van der Waals surface area contributed by atoms with Gasteiger partial charge in [-0.25, -0.2) is 0 Å². The number of nitrogens with two attached hydrogens (primary N) is 1. The molecule has 0 aliphatic rings. The van der Waals surface area contributed by atoms with Crippen molar-refractivity contribution in [3.05, 3.63) is 0 Å². The van der Waals surface area contributed by atoms with Crippen LogP contribution in [-0.2, 0) is 4.79 Å². The van der Waals surface area contributed by atoms with E-state index in [4.69, 9.17) is 5.73 Å². The summed E-state index contributed by atoms with van der Waals surface area (Å²) in [5.74, 6) is 0.188. The molecule has 0 aliphatic heterocycles. The van der Waals surface area contributed by atoms with Crippen LogP contribution in [0.15, 0.2) is 0 Å². The van der Waals surface area contributed by atoms with Crippen LogP contribution in [-0.4, -0.2) is 55.5 Å². The van der Waals surface area contributed by atoms with Gasteiger partial charge in [-0.3, -0.25) is 4.79 Å². The minimum Gasteiger partial charge on any atom is -0.349 e. The largest absolute Gasteiger partial charge is 0.349 e. The van der Waals surface area contributed by atoms with Crippen molar-refractivity contribution < 1.29 is 4.79 Å². The van der Waals surface area contributed by atoms with Crippen molar-refractivity contribution in [1.82, 2.24) is 9.80 Å². The number of nitrogens with zero attached hydrogens (tertiary/aromatic N) is 2. The van der Waals surface area contributed by atoms with Gasteiger partial charge in [-0.1, -0.05) is 0 Å². The van der Waals surface area contributed by atoms with Gasteiger partial charge in [0.25, 0.3) is 0 Å². The zero-order valence-corrected chi connectivity index (χ0v) is 10.5. The summed E-state index contributed by atoms with van der Waals surface area (Å²) in [6.45, 7) is 6.82. The zero-order chi connectivity index (χ0) is 11.8. The first-order valence-electron chi connectivity index (χ1n) is 5.63. The molecule has 2 N–H and O–H groups in total. The van der Waals surface area contributed by atoms with Crippen LogP contribution in [0.3, 0.4) is 0 Å². The normalized spacial score (nSPS) is 11.1. The third-order valence-electron chi connectivity index (χ3n) is 2.49. The first-order valence-corrected chi connectivity index (χ1v) is 5.63. The summed E-state index contributed by atoms with van der Waals surface area (Å²) >= 11 is 0. The molecule has 0 saturated carbocycles. The number of hydrogen-bond donors (Lipinski definition) is 1. The molecule has 0 aromatic rings. The predicted octanol–water partition coefficient (Wildman–Crippen LogP) is 0.524. The summed E-state index contributed by atoms with van der Waals surface area (Å²) in [6.07, 6.45) is 1.59. The summed E-state index contributed by atoms with van der Waals surface area (Å²) in [7, 11) is 3.59. The first-order chi connectivity index (χ1) is 6.99. The fourth-order valence-electron chi connectivity index (χ4n) is 1.39. The second-order valence-electron chi connectivity index (χ2n) is 4.31. The molecule has 0 atom stereocenters. The van der Waals surface area contributed by atoms with Gasteiger partial charge < -0.3 is 15.5 Å². The van der Waals surface area contributed by atoms with Gasteiger partial charge >= 0.3 is 0 Å². The van der Waals surface area contributed by atoms with E-state index in [-0.39, 0.29) is 5.91 Å². The second-order valence-corrected chi connectivity index (χ2v) is 4.31. The first kappa shape index (κ1) is 14.4. The monoisotopic (exact) mass is 215 g/mol. The molecule has 15 heavy (non-hydrogen) atoms. The number of amides is 1. The van der Waals surface area contributed by atoms with Crippen LogP contribution in [0.5, 0.6) is 0 Å². The molecule has 0 aromatic carbocycles. The van der Waals surface area contributed by atoms with E-state index < -0.39 is 0 Å². The predicted molar refractivity (Wildman–Crippen MR) is 63.7 cm³/mol. The fourth-order valence-corrected chi connectivity index (χ4v) is 1.39. The van der Waals surface area contributed by atoms with Crippen molar-refractivity contribution in [2.45, 2.75) is 32.7 Å². The topological polar surface area (TPSA) is 49.6 Å². The van der Waals surface area contributed by atoms with Gasteiger partial charge in [0.2, 0.25) is 5.91 Å². The average molecular weight is 215 g/mol. The third-order valence-corrected chi connectivity index (χ3v) is 2.49. The molecule has 1 amide bonds. The highest BCUT2D eigenvalue weighted by Gasteiger charge is 2.11. The molecule has 0 radical (unpaired) electrons. The quantitative estimate of drug-likeness (QED) is 0.674. The van der Waals surface area contributed by atoms with Gasteiger partial charge in [0.1, 0.15) is 0 Å². The third kappa shape index (κ3) is 6.47. The highest BCUT2D eigenvalue weighted by molar-refractivity contribution is 5.75. The van der Waals surface area contributed by atoms with Gasteiger partial charge in [0.05, 0.1) is 0 Å². The Kier molecular flexibility index (Phi) is 7.34. The van der Waals surface area contributed by atoms with Gasteiger partial charge in [0.15, 0.2) is 0 Å². The van der Waals surface area contributed by atoms with Gasteiger partial charge in [0, 0.05) is 33.1 Å². The average Bonchev–Trinajstić information content (AvgIpc) is 2.16. The van der Waals surface area contributed by atoms with E-state index in [0.29, 0.717) is 19.0 Å². The molecule has 0 rings (SSSR count). The molecule has 0 aliphatic carbocycles. The van der Waals surface area contributed by atoms with E-state index in [9.17, 15) is 4.79 Å². The Morgan fingerprint density at radius 2 is 1.87 bits per heavy atom. The van der Waals surface area contributed by atoms with Crippen LogP contribution in [0.4, 0.5) is 0 Å². The van der Waals surface area contributed by atoms with E-state index in [1.807, 2.05) is 0 Å². The van der Waals surface area contributed by atoms with Crippen LogP contribution in [0, 0.1) is 0 Å². The SMILES string of the molecule is CC(C)N(CCCN)CCC(=O)N(C)C. The molecule has 4 heteroatoms. The van der Waals surface area contributed by atoms with Crippen LogP contribution >= 0.6 is 0 Å². The Morgan fingerprint density at radius 1 is 1.27 bits per heavy atom. The molecule has 0 bridgehead atoms. The van der Waals surface area contributed by atoms with Crippen molar-refractivity contribution >= 4 is 5.91 Å². The summed E-state index contributed by atoms with van der Waals surface area (Å²) < 4.78 is 0. The number of hydrogen-bond acceptors (Lipinski definition) is 3. The minimum absolute atomic E-state index is 0.188. The second kappa shape index (κ2) is 7.65. The summed E-state index contributed by atoms with van der Waals surface area (Å²) in [5, 5.41) is 0. The lowest BCUT2D eigenvalue weighted by Crippen LogP contribution is -2.36. The minimum atomic E-state index is 0.188. The highest BCUT2D eigenvalue weighted by atomic mass is 16.2. The van der Waals surface area contributed by atoms with Gasteiger partial charge in [-0.05, 0) is 33.4 Å². The van der Waals surface area contributed by atoms with E-state index in [2.05, 4.69) is 18.7 Å². The van der Waals surface area contributed by atoms with E-state index in [1.165, 1.54) is 0 Å². The van der Waals surface area contributed by atoms with Crippen molar-refractivity contribution in [2.24, 2.45) is 5.73 Å². The smallest absolute Gasteiger partial charge is 0.223 e. The van der Waals surface area contributed by atoms with Crippen molar-refractivity contribution in [1.29, 1.82) is 0 Å². The molecule has 0 spiro atoms. The Morgan fingerprint density at radius 3 is 2.27 bits per heavy atom. The van der Waals surface area contributed by atoms with E-state index in [1.54, 1.807) is 19.0 Å². The Balaban J connectivity index is 3.90. The molecule has 0 aromatic heterocycles. The van der Waals surface area contributed by atoms with Crippen LogP contribution < -0.4 is 5.73 Å². The lowest BCUT2D eigenvalue weighted by Gasteiger charge is -2.26. The molecule has 0 fully saturated rings. The van der Waals surface area contributed by atoms with Crippen molar-refractivity contribution in [3.8, 4) is 0 Å². The van der Waals surface area contributed by atoms with Gasteiger partial charge in [-0.2, -0.15) is 0 Å². The Labute approximate surface area is 93.4 Å². The maximum absolute atomic E-state index is 11.4. The Bertz CT molecular complexity index is 181. The maximum atomic E-state index is 11.4. The van der Waals surface area contributed by atoms with E-state index >= 15 is 0 Å². The maximum Gasteiger partial charge on any atom is 0.223 e. The summed E-state index contributed by atoms with van der Waals surface area (Å²) in [6, 6.07) is 0.478. The lowest BCUT2D eigenvalue weighted by molar-refractivity contribution is -0.129. The fraction of sp³-hybridized carbons (Fsp3) is 0.909. The molecule has 0 heterocycles.